The SMILES string of the molecule is CCCN(C)C(=O)c1cccc(N)c1C. The second-order valence-corrected chi connectivity index (χ2v) is 3.75. The third-order valence-electron chi connectivity index (χ3n) is 2.51. The molecular formula is C12H18N2O. The summed E-state index contributed by atoms with van der Waals surface area (Å²) in [6, 6.07) is 5.45. The minimum absolute atomic E-state index is 0.0432. The molecule has 2 N–H and O–H groups in total. The minimum Gasteiger partial charge on any atom is -0.398 e. The van der Waals surface area contributed by atoms with Crippen molar-refractivity contribution in [2.45, 2.75) is 20.3 Å². The summed E-state index contributed by atoms with van der Waals surface area (Å²) in [5.74, 6) is 0.0432. The average molecular weight is 206 g/mol. The van der Waals surface area contributed by atoms with Gasteiger partial charge < -0.3 is 10.6 Å². The fourth-order valence-corrected chi connectivity index (χ4v) is 1.53. The molecule has 0 atom stereocenters. The van der Waals surface area contributed by atoms with E-state index in [0.717, 1.165) is 18.5 Å². The van der Waals surface area contributed by atoms with Crippen molar-refractivity contribution in [1.82, 2.24) is 4.90 Å². The van der Waals surface area contributed by atoms with E-state index in [1.165, 1.54) is 0 Å². The van der Waals surface area contributed by atoms with Crippen molar-refractivity contribution in [2.24, 2.45) is 0 Å². The predicted molar refractivity (Wildman–Crippen MR) is 62.8 cm³/mol. The van der Waals surface area contributed by atoms with Crippen molar-refractivity contribution in [2.75, 3.05) is 19.3 Å². The van der Waals surface area contributed by atoms with Crippen LogP contribution in [-0.4, -0.2) is 24.4 Å². The summed E-state index contributed by atoms with van der Waals surface area (Å²) >= 11 is 0. The van der Waals surface area contributed by atoms with Crippen molar-refractivity contribution < 1.29 is 4.79 Å². The van der Waals surface area contributed by atoms with Crippen LogP contribution >= 0.6 is 0 Å². The lowest BCUT2D eigenvalue weighted by Gasteiger charge is -2.17. The van der Waals surface area contributed by atoms with E-state index in [1.54, 1.807) is 4.90 Å². The van der Waals surface area contributed by atoms with E-state index in [4.69, 9.17) is 5.73 Å². The molecule has 0 saturated carbocycles. The fraction of sp³-hybridized carbons (Fsp3) is 0.417. The van der Waals surface area contributed by atoms with Gasteiger partial charge in [-0.2, -0.15) is 0 Å². The molecule has 0 fully saturated rings. The number of hydrogen-bond acceptors (Lipinski definition) is 2. The van der Waals surface area contributed by atoms with E-state index >= 15 is 0 Å². The van der Waals surface area contributed by atoms with Gasteiger partial charge in [0.1, 0.15) is 0 Å². The van der Waals surface area contributed by atoms with Gasteiger partial charge in [-0.3, -0.25) is 4.79 Å². The van der Waals surface area contributed by atoms with Crippen molar-refractivity contribution in [3.8, 4) is 0 Å². The predicted octanol–water partition coefficient (Wildman–Crippen LogP) is 2.06. The molecule has 0 unspecified atom stereocenters. The molecule has 1 aromatic carbocycles. The summed E-state index contributed by atoms with van der Waals surface area (Å²) in [7, 11) is 1.81. The molecule has 0 saturated heterocycles. The van der Waals surface area contributed by atoms with Crippen LogP contribution in [0.4, 0.5) is 5.69 Å². The largest absolute Gasteiger partial charge is 0.398 e. The van der Waals surface area contributed by atoms with Crippen LogP contribution in [0.5, 0.6) is 0 Å². The molecule has 0 aliphatic carbocycles. The van der Waals surface area contributed by atoms with Gasteiger partial charge in [0.05, 0.1) is 0 Å². The van der Waals surface area contributed by atoms with Crippen LogP contribution in [-0.2, 0) is 0 Å². The summed E-state index contributed by atoms with van der Waals surface area (Å²) in [6.45, 7) is 4.70. The Balaban J connectivity index is 2.96. The molecule has 0 aliphatic rings. The smallest absolute Gasteiger partial charge is 0.253 e. The van der Waals surface area contributed by atoms with Gasteiger partial charge in [-0.25, -0.2) is 0 Å². The summed E-state index contributed by atoms with van der Waals surface area (Å²) in [6.07, 6.45) is 0.962. The van der Waals surface area contributed by atoms with Gasteiger partial charge in [0.2, 0.25) is 0 Å². The van der Waals surface area contributed by atoms with Crippen molar-refractivity contribution in [1.29, 1.82) is 0 Å². The number of benzene rings is 1. The first-order valence-corrected chi connectivity index (χ1v) is 5.18. The van der Waals surface area contributed by atoms with E-state index in [2.05, 4.69) is 6.92 Å². The van der Waals surface area contributed by atoms with E-state index in [9.17, 15) is 4.79 Å². The molecule has 0 radical (unpaired) electrons. The molecule has 1 rings (SSSR count). The monoisotopic (exact) mass is 206 g/mol. The molecule has 3 heteroatoms. The zero-order chi connectivity index (χ0) is 11.4. The first-order valence-electron chi connectivity index (χ1n) is 5.18. The van der Waals surface area contributed by atoms with Gasteiger partial charge in [-0.1, -0.05) is 13.0 Å². The summed E-state index contributed by atoms with van der Waals surface area (Å²) in [5.41, 5.74) is 8.00. The van der Waals surface area contributed by atoms with E-state index < -0.39 is 0 Å². The molecule has 0 aromatic heterocycles. The van der Waals surface area contributed by atoms with Crippen molar-refractivity contribution >= 4 is 11.6 Å². The number of rotatable bonds is 3. The Labute approximate surface area is 90.9 Å². The Bertz CT molecular complexity index is 361. The number of carbonyl (C=O) groups excluding carboxylic acids is 1. The Kier molecular flexibility index (Phi) is 3.72. The van der Waals surface area contributed by atoms with Crippen LogP contribution in [0.2, 0.25) is 0 Å². The molecule has 82 valence electrons. The second-order valence-electron chi connectivity index (χ2n) is 3.75. The number of hydrogen-bond donors (Lipinski definition) is 1. The van der Waals surface area contributed by atoms with Gasteiger partial charge in [0.25, 0.3) is 5.91 Å². The number of anilines is 1. The Morgan fingerprint density at radius 1 is 1.47 bits per heavy atom. The lowest BCUT2D eigenvalue weighted by molar-refractivity contribution is 0.0794. The lowest BCUT2D eigenvalue weighted by Crippen LogP contribution is -2.28. The normalized spacial score (nSPS) is 10.1. The summed E-state index contributed by atoms with van der Waals surface area (Å²) in [5, 5.41) is 0. The highest BCUT2D eigenvalue weighted by Gasteiger charge is 2.13. The van der Waals surface area contributed by atoms with Gasteiger partial charge in [0.15, 0.2) is 0 Å². The van der Waals surface area contributed by atoms with Crippen molar-refractivity contribution in [3.05, 3.63) is 29.3 Å². The molecule has 3 nitrogen and oxygen atoms in total. The molecule has 0 bridgehead atoms. The minimum atomic E-state index is 0.0432. The molecule has 0 spiro atoms. The fourth-order valence-electron chi connectivity index (χ4n) is 1.53. The second kappa shape index (κ2) is 4.82. The van der Waals surface area contributed by atoms with Crippen LogP contribution in [0.25, 0.3) is 0 Å². The third-order valence-corrected chi connectivity index (χ3v) is 2.51. The van der Waals surface area contributed by atoms with Crippen LogP contribution in [0.15, 0.2) is 18.2 Å². The van der Waals surface area contributed by atoms with E-state index in [1.807, 2.05) is 32.2 Å². The quantitative estimate of drug-likeness (QED) is 0.769. The van der Waals surface area contributed by atoms with E-state index in [0.29, 0.717) is 11.3 Å². The topological polar surface area (TPSA) is 46.3 Å². The zero-order valence-electron chi connectivity index (χ0n) is 9.58. The highest BCUT2D eigenvalue weighted by atomic mass is 16.2. The molecule has 0 heterocycles. The number of nitrogens with two attached hydrogens (primary N) is 1. The summed E-state index contributed by atoms with van der Waals surface area (Å²) in [4.78, 5) is 13.7. The third kappa shape index (κ3) is 2.49. The van der Waals surface area contributed by atoms with Crippen LogP contribution in [0.3, 0.4) is 0 Å². The van der Waals surface area contributed by atoms with Crippen LogP contribution in [0.1, 0.15) is 29.3 Å². The molecule has 1 amide bonds. The first-order chi connectivity index (χ1) is 7.07. The first kappa shape index (κ1) is 11.6. The Morgan fingerprint density at radius 3 is 2.73 bits per heavy atom. The molecule has 1 aromatic rings. The molecular weight excluding hydrogens is 188 g/mol. The highest BCUT2D eigenvalue weighted by molar-refractivity contribution is 5.96. The molecule has 0 aliphatic heterocycles. The number of nitrogens with zero attached hydrogens (tertiary/aromatic N) is 1. The van der Waals surface area contributed by atoms with Gasteiger partial charge in [0, 0.05) is 24.8 Å². The summed E-state index contributed by atoms with van der Waals surface area (Å²) < 4.78 is 0. The van der Waals surface area contributed by atoms with Crippen LogP contribution in [0, 0.1) is 6.92 Å². The number of nitrogen functional groups attached to an aromatic ring is 1. The maximum absolute atomic E-state index is 12.0. The van der Waals surface area contributed by atoms with Gasteiger partial charge in [-0.05, 0) is 31.0 Å². The highest BCUT2D eigenvalue weighted by Crippen LogP contribution is 2.16. The maximum Gasteiger partial charge on any atom is 0.253 e. The Hall–Kier alpha value is -1.51. The van der Waals surface area contributed by atoms with Gasteiger partial charge in [-0.15, -0.1) is 0 Å². The molecule has 15 heavy (non-hydrogen) atoms. The number of carbonyl (C=O) groups is 1. The standard InChI is InChI=1S/C12H18N2O/c1-4-8-14(3)12(15)10-6-5-7-11(13)9(10)2/h5-7H,4,8,13H2,1-3H3. The average Bonchev–Trinajstić information content (AvgIpc) is 2.21. The lowest BCUT2D eigenvalue weighted by atomic mass is 10.1. The van der Waals surface area contributed by atoms with E-state index in [-0.39, 0.29) is 5.91 Å². The Morgan fingerprint density at radius 2 is 2.13 bits per heavy atom. The number of amides is 1. The van der Waals surface area contributed by atoms with Crippen LogP contribution < -0.4 is 5.73 Å². The van der Waals surface area contributed by atoms with Crippen molar-refractivity contribution in [3.63, 3.8) is 0 Å². The van der Waals surface area contributed by atoms with Gasteiger partial charge >= 0.3 is 0 Å². The zero-order valence-corrected chi connectivity index (χ0v) is 9.58. The maximum atomic E-state index is 12.0.